The molecule has 0 N–H and O–H groups in total. The second-order valence-electron chi connectivity index (χ2n) is 7.55. The highest BCUT2D eigenvalue weighted by Crippen LogP contribution is 2.36. The Hall–Kier alpha value is -3.00. The zero-order valence-electron chi connectivity index (χ0n) is 18.6. The molecule has 35 heavy (non-hydrogen) atoms. The lowest BCUT2D eigenvalue weighted by Gasteiger charge is -2.13. The van der Waals surface area contributed by atoms with Crippen LogP contribution < -0.4 is 9.47 Å². The summed E-state index contributed by atoms with van der Waals surface area (Å²) in [6, 6.07) is 15.6. The topological polar surface area (TPSA) is 100 Å². The molecule has 1 aliphatic heterocycles. The van der Waals surface area contributed by atoms with Crippen molar-refractivity contribution in [3.63, 3.8) is 0 Å². The van der Waals surface area contributed by atoms with Gasteiger partial charge in [0.1, 0.15) is 6.61 Å². The van der Waals surface area contributed by atoms with E-state index in [1.54, 1.807) is 24.3 Å². The molecule has 0 unspecified atom stereocenters. The Labute approximate surface area is 228 Å². The van der Waals surface area contributed by atoms with Crippen molar-refractivity contribution in [3.05, 3.63) is 99.8 Å². The number of nitro benzene ring substituents is 1. The number of rotatable bonds is 7. The lowest BCUT2D eigenvalue weighted by atomic mass is 10.1. The number of esters is 1. The Morgan fingerprint density at radius 2 is 1.91 bits per heavy atom. The van der Waals surface area contributed by atoms with Crippen LogP contribution in [-0.4, -0.2) is 23.9 Å². The summed E-state index contributed by atoms with van der Waals surface area (Å²) < 4.78 is 18.6. The predicted octanol–water partition coefficient (Wildman–Crippen LogP) is 6.04. The largest absolute Gasteiger partial charge is 0.493 e. The van der Waals surface area contributed by atoms with Gasteiger partial charge in [0.15, 0.2) is 17.2 Å². The first-order valence-electron chi connectivity index (χ1n) is 10.3. The lowest BCUT2D eigenvalue weighted by Crippen LogP contribution is -2.05. The Kier molecular flexibility index (Phi) is 7.69. The molecule has 178 valence electrons. The number of non-ortho nitro benzene ring substituents is 1. The number of benzene rings is 3. The number of halogens is 2. The third-order valence-corrected chi connectivity index (χ3v) is 7.06. The minimum atomic E-state index is -0.532. The second kappa shape index (κ2) is 10.7. The maximum absolute atomic E-state index is 12.4. The van der Waals surface area contributed by atoms with Gasteiger partial charge in [0.05, 0.1) is 15.6 Å². The highest BCUT2D eigenvalue weighted by Gasteiger charge is 2.25. The molecule has 0 spiro atoms. The molecule has 0 fully saturated rings. The van der Waals surface area contributed by atoms with E-state index in [-0.39, 0.29) is 23.9 Å². The number of hydrogen-bond acceptors (Lipinski definition) is 7. The van der Waals surface area contributed by atoms with Gasteiger partial charge in [-0.25, -0.2) is 9.79 Å². The quantitative estimate of drug-likeness (QED) is 0.0982. The number of carbonyl (C=O) groups is 1. The first-order chi connectivity index (χ1) is 16.7. The van der Waals surface area contributed by atoms with Crippen LogP contribution in [0.15, 0.2) is 65.3 Å². The van der Waals surface area contributed by atoms with E-state index in [2.05, 4.69) is 50.2 Å². The third-order valence-electron chi connectivity index (χ3n) is 5.10. The van der Waals surface area contributed by atoms with Gasteiger partial charge in [-0.3, -0.25) is 10.1 Å². The van der Waals surface area contributed by atoms with Crippen LogP contribution in [0.4, 0.5) is 5.69 Å². The molecule has 0 aliphatic carbocycles. The third kappa shape index (κ3) is 5.81. The van der Waals surface area contributed by atoms with Gasteiger partial charge in [-0.05, 0) is 99.1 Å². The van der Waals surface area contributed by atoms with Crippen molar-refractivity contribution >= 4 is 68.8 Å². The van der Waals surface area contributed by atoms with Crippen molar-refractivity contribution in [2.24, 2.45) is 4.99 Å². The number of methoxy groups -OCH3 is 1. The number of aliphatic imine (C=N–C) groups is 1. The molecule has 8 nitrogen and oxygen atoms in total. The number of nitro groups is 1. The van der Waals surface area contributed by atoms with Gasteiger partial charge in [-0.1, -0.05) is 18.2 Å². The van der Waals surface area contributed by atoms with Crippen LogP contribution in [0.1, 0.15) is 22.3 Å². The molecule has 0 saturated carbocycles. The van der Waals surface area contributed by atoms with Gasteiger partial charge < -0.3 is 14.2 Å². The molecule has 3 aromatic carbocycles. The van der Waals surface area contributed by atoms with Crippen molar-refractivity contribution in [1.29, 1.82) is 0 Å². The minimum Gasteiger partial charge on any atom is -0.493 e. The summed E-state index contributed by atoms with van der Waals surface area (Å²) in [4.78, 5) is 27.4. The van der Waals surface area contributed by atoms with Gasteiger partial charge in [0, 0.05) is 21.3 Å². The zero-order chi connectivity index (χ0) is 25.1. The van der Waals surface area contributed by atoms with Crippen molar-refractivity contribution in [1.82, 2.24) is 0 Å². The van der Waals surface area contributed by atoms with Gasteiger partial charge >= 0.3 is 5.97 Å². The summed E-state index contributed by atoms with van der Waals surface area (Å²) in [5.74, 6) is 0.681. The summed E-state index contributed by atoms with van der Waals surface area (Å²) in [7, 11) is 1.52. The average molecular weight is 696 g/mol. The van der Waals surface area contributed by atoms with Crippen molar-refractivity contribution in [2.75, 3.05) is 7.11 Å². The fourth-order valence-electron chi connectivity index (χ4n) is 3.29. The summed E-state index contributed by atoms with van der Waals surface area (Å²) >= 11 is 4.34. The predicted molar refractivity (Wildman–Crippen MR) is 148 cm³/mol. The van der Waals surface area contributed by atoms with E-state index >= 15 is 0 Å². The molecule has 0 bridgehead atoms. The highest BCUT2D eigenvalue weighted by atomic mass is 127. The van der Waals surface area contributed by atoms with Gasteiger partial charge in [0.25, 0.3) is 5.69 Å². The van der Waals surface area contributed by atoms with Crippen molar-refractivity contribution < 1.29 is 23.9 Å². The van der Waals surface area contributed by atoms with Crippen LogP contribution >= 0.6 is 45.2 Å². The minimum absolute atomic E-state index is 0.00143. The monoisotopic (exact) mass is 696 g/mol. The highest BCUT2D eigenvalue weighted by molar-refractivity contribution is 14.1. The zero-order valence-corrected chi connectivity index (χ0v) is 22.9. The summed E-state index contributed by atoms with van der Waals surface area (Å²) in [5, 5.41) is 11.0. The van der Waals surface area contributed by atoms with E-state index in [4.69, 9.17) is 14.2 Å². The molecule has 1 aliphatic rings. The molecule has 3 aromatic rings. The van der Waals surface area contributed by atoms with Gasteiger partial charge in [-0.2, -0.15) is 0 Å². The van der Waals surface area contributed by atoms with Crippen LogP contribution in [0.5, 0.6) is 11.5 Å². The molecule has 10 heteroatoms. The fourth-order valence-corrected chi connectivity index (χ4v) is 4.59. The van der Waals surface area contributed by atoms with Crippen LogP contribution in [-0.2, 0) is 16.1 Å². The van der Waals surface area contributed by atoms with E-state index in [0.29, 0.717) is 22.6 Å². The Bertz CT molecular complexity index is 1400. The number of aryl methyl sites for hydroxylation is 1. The fraction of sp³-hybridized carbons (Fsp3) is 0.120. The Morgan fingerprint density at radius 3 is 2.63 bits per heavy atom. The maximum Gasteiger partial charge on any atom is 0.363 e. The normalized spacial score (nSPS) is 14.0. The van der Waals surface area contributed by atoms with Gasteiger partial charge in [-0.15, -0.1) is 0 Å². The van der Waals surface area contributed by atoms with Crippen LogP contribution in [0.2, 0.25) is 0 Å². The summed E-state index contributed by atoms with van der Waals surface area (Å²) in [6.07, 6.45) is 1.63. The number of carbonyl (C=O) groups excluding carboxylic acids is 1. The first-order valence-corrected chi connectivity index (χ1v) is 12.4. The molecular weight excluding hydrogens is 678 g/mol. The molecule has 1 heterocycles. The summed E-state index contributed by atoms with van der Waals surface area (Å²) in [6.45, 7) is 2.13. The number of ether oxygens (including phenoxy) is 3. The molecule has 0 aromatic heterocycles. The lowest BCUT2D eigenvalue weighted by molar-refractivity contribution is -0.384. The standard InChI is InChI=1S/C25H18I2N2O6/c1-14-6-7-17(12-19(14)26)24-28-21(25(30)35-24)10-16-9-20(27)23(22(11-16)33-2)34-13-15-4-3-5-18(8-15)29(31)32/h3-12H,13H2,1-2H3/b21-10-. The van der Waals surface area contributed by atoms with Crippen molar-refractivity contribution in [3.8, 4) is 11.5 Å². The molecule has 4 rings (SSSR count). The number of hydrogen-bond donors (Lipinski definition) is 0. The van der Waals surface area contributed by atoms with E-state index in [1.165, 1.54) is 19.2 Å². The van der Waals surface area contributed by atoms with Crippen LogP contribution in [0, 0.1) is 24.2 Å². The van der Waals surface area contributed by atoms with Crippen LogP contribution in [0.3, 0.4) is 0 Å². The second-order valence-corrected chi connectivity index (χ2v) is 9.87. The van der Waals surface area contributed by atoms with Crippen molar-refractivity contribution in [2.45, 2.75) is 13.5 Å². The first kappa shape index (κ1) is 25.1. The molecule has 0 saturated heterocycles. The molecule has 0 atom stereocenters. The van der Waals surface area contributed by atoms with E-state index in [9.17, 15) is 14.9 Å². The SMILES string of the molecule is COc1cc(/C=C2\N=C(c3ccc(C)c(I)c3)OC2=O)cc(I)c1OCc1cccc([N+](=O)[O-])c1. The van der Waals surface area contributed by atoms with E-state index in [0.717, 1.165) is 18.3 Å². The molecular formula is C25H18I2N2O6. The Balaban J connectivity index is 1.58. The smallest absolute Gasteiger partial charge is 0.363 e. The number of nitrogens with zero attached hydrogens (tertiary/aromatic N) is 2. The van der Waals surface area contributed by atoms with E-state index in [1.807, 2.05) is 31.2 Å². The average Bonchev–Trinajstić information content (AvgIpc) is 3.20. The Morgan fingerprint density at radius 1 is 1.11 bits per heavy atom. The molecule has 0 amide bonds. The van der Waals surface area contributed by atoms with Gasteiger partial charge in [0.2, 0.25) is 5.90 Å². The maximum atomic E-state index is 12.4. The van der Waals surface area contributed by atoms with E-state index < -0.39 is 10.9 Å². The number of cyclic esters (lactones) is 1. The molecule has 0 radical (unpaired) electrons. The van der Waals surface area contributed by atoms with Crippen LogP contribution in [0.25, 0.3) is 6.08 Å². The summed E-state index contributed by atoms with van der Waals surface area (Å²) in [5.41, 5.74) is 3.38.